The van der Waals surface area contributed by atoms with Gasteiger partial charge in [0.25, 0.3) is 0 Å². The number of carbonyl (C=O) groups is 1. The van der Waals surface area contributed by atoms with Crippen molar-refractivity contribution in [2.45, 2.75) is 45.4 Å². The van der Waals surface area contributed by atoms with Crippen LogP contribution in [0.3, 0.4) is 0 Å². The van der Waals surface area contributed by atoms with Crippen LogP contribution in [0.5, 0.6) is 11.5 Å². The van der Waals surface area contributed by atoms with Crippen LogP contribution in [-0.2, 0) is 29.1 Å². The van der Waals surface area contributed by atoms with E-state index in [2.05, 4.69) is 5.32 Å². The van der Waals surface area contributed by atoms with Crippen molar-refractivity contribution in [3.05, 3.63) is 94.5 Å². The van der Waals surface area contributed by atoms with Crippen molar-refractivity contribution in [1.82, 2.24) is 5.32 Å². The monoisotopic (exact) mass is 520 g/mol. The second-order valence-corrected chi connectivity index (χ2v) is 9.74. The standard InChI is InChI=1S/C30H36N2O6/c1-30(2)37-20-25-17-23(8-11-28(25)38-30)27(33)18-32-13-12-21-6-9-26(10-7-21)36-15-14-35-19-22-4-3-5-24(16-22)29(31)34/h3-11,16-17,27,32-33H,12-15,18-20H2,1-2H3,(H2,31,34)/t27-/m0/s1. The lowest BCUT2D eigenvalue weighted by Crippen LogP contribution is -2.35. The molecule has 3 aromatic carbocycles. The fourth-order valence-corrected chi connectivity index (χ4v) is 4.13. The van der Waals surface area contributed by atoms with Crippen LogP contribution in [0.1, 0.15) is 52.6 Å². The van der Waals surface area contributed by atoms with Crippen LogP contribution in [0.15, 0.2) is 66.7 Å². The van der Waals surface area contributed by atoms with E-state index in [4.69, 9.17) is 24.7 Å². The molecule has 0 bridgehead atoms. The van der Waals surface area contributed by atoms with Crippen molar-refractivity contribution in [3.63, 3.8) is 0 Å². The Morgan fingerprint density at radius 3 is 2.68 bits per heavy atom. The van der Waals surface area contributed by atoms with Gasteiger partial charge in [-0.2, -0.15) is 0 Å². The maximum Gasteiger partial charge on any atom is 0.248 e. The summed E-state index contributed by atoms with van der Waals surface area (Å²) >= 11 is 0. The Morgan fingerprint density at radius 1 is 1.08 bits per heavy atom. The molecule has 0 aliphatic carbocycles. The fraction of sp³-hybridized carbons (Fsp3) is 0.367. The van der Waals surface area contributed by atoms with Crippen molar-refractivity contribution >= 4 is 5.91 Å². The van der Waals surface area contributed by atoms with Gasteiger partial charge >= 0.3 is 0 Å². The zero-order chi connectivity index (χ0) is 27.0. The molecule has 3 aromatic rings. The highest BCUT2D eigenvalue weighted by Gasteiger charge is 2.27. The van der Waals surface area contributed by atoms with Crippen LogP contribution in [0.25, 0.3) is 0 Å². The first-order valence-electron chi connectivity index (χ1n) is 12.8. The van der Waals surface area contributed by atoms with Gasteiger partial charge in [0.05, 0.1) is 25.9 Å². The SMILES string of the molecule is CC1(C)OCc2cc([C@@H](O)CNCCc3ccc(OCCOCc4cccc(C(N)=O)c4)cc3)ccc2O1. The number of nitrogens with two attached hydrogens (primary N) is 1. The van der Waals surface area contributed by atoms with Gasteiger partial charge in [0.15, 0.2) is 0 Å². The van der Waals surface area contributed by atoms with E-state index in [1.807, 2.05) is 62.4 Å². The molecule has 4 N–H and O–H groups in total. The summed E-state index contributed by atoms with van der Waals surface area (Å²) in [5.41, 5.74) is 9.63. The summed E-state index contributed by atoms with van der Waals surface area (Å²) in [7, 11) is 0. The van der Waals surface area contributed by atoms with Gasteiger partial charge in [-0.25, -0.2) is 0 Å². The van der Waals surface area contributed by atoms with Crippen LogP contribution in [0.2, 0.25) is 0 Å². The van der Waals surface area contributed by atoms with E-state index in [-0.39, 0.29) is 0 Å². The van der Waals surface area contributed by atoms with Crippen molar-refractivity contribution in [3.8, 4) is 11.5 Å². The zero-order valence-corrected chi connectivity index (χ0v) is 21.9. The van der Waals surface area contributed by atoms with Crippen molar-refractivity contribution < 1.29 is 28.8 Å². The van der Waals surface area contributed by atoms with Crippen LogP contribution < -0.4 is 20.5 Å². The topological polar surface area (TPSA) is 112 Å². The van der Waals surface area contributed by atoms with E-state index in [0.717, 1.165) is 41.2 Å². The van der Waals surface area contributed by atoms with Gasteiger partial charge in [0.2, 0.25) is 11.7 Å². The number of benzene rings is 3. The molecule has 4 rings (SSSR count). The molecule has 0 saturated heterocycles. The molecule has 8 heteroatoms. The molecule has 202 valence electrons. The average molecular weight is 521 g/mol. The summed E-state index contributed by atoms with van der Waals surface area (Å²) in [5, 5.41) is 13.9. The smallest absolute Gasteiger partial charge is 0.248 e. The molecule has 0 unspecified atom stereocenters. The lowest BCUT2D eigenvalue weighted by molar-refractivity contribution is -0.180. The molecule has 1 amide bonds. The molecule has 0 saturated carbocycles. The maximum atomic E-state index is 11.3. The Bertz CT molecular complexity index is 1210. The highest BCUT2D eigenvalue weighted by atomic mass is 16.7. The molecule has 0 radical (unpaired) electrons. The first kappa shape index (κ1) is 27.6. The van der Waals surface area contributed by atoms with Gasteiger partial charge in [0, 0.05) is 31.5 Å². The Hall–Kier alpha value is -3.43. The first-order valence-corrected chi connectivity index (χ1v) is 12.8. The van der Waals surface area contributed by atoms with E-state index in [1.165, 1.54) is 5.56 Å². The first-order chi connectivity index (χ1) is 18.3. The van der Waals surface area contributed by atoms with E-state index in [9.17, 15) is 9.90 Å². The van der Waals surface area contributed by atoms with E-state index in [1.54, 1.807) is 18.2 Å². The third-order valence-electron chi connectivity index (χ3n) is 6.23. The lowest BCUT2D eigenvalue weighted by atomic mass is 10.0. The highest BCUT2D eigenvalue weighted by molar-refractivity contribution is 5.92. The number of amides is 1. The fourth-order valence-electron chi connectivity index (χ4n) is 4.13. The summed E-state index contributed by atoms with van der Waals surface area (Å²) in [6.45, 7) is 6.68. The highest BCUT2D eigenvalue weighted by Crippen LogP contribution is 2.32. The second-order valence-electron chi connectivity index (χ2n) is 9.74. The molecule has 1 atom stereocenters. The average Bonchev–Trinajstić information content (AvgIpc) is 2.91. The molecule has 0 fully saturated rings. The molecular weight excluding hydrogens is 484 g/mol. The Labute approximate surface area is 223 Å². The Morgan fingerprint density at radius 2 is 1.89 bits per heavy atom. The zero-order valence-electron chi connectivity index (χ0n) is 21.9. The summed E-state index contributed by atoms with van der Waals surface area (Å²) in [5.74, 6) is 0.502. The lowest BCUT2D eigenvalue weighted by Gasteiger charge is -2.33. The van der Waals surface area contributed by atoms with Crippen molar-refractivity contribution in [2.75, 3.05) is 26.3 Å². The summed E-state index contributed by atoms with van der Waals surface area (Å²) in [6, 6.07) is 20.8. The minimum atomic E-state index is -0.629. The van der Waals surface area contributed by atoms with Gasteiger partial charge in [-0.1, -0.05) is 30.3 Å². The molecule has 1 aliphatic rings. The summed E-state index contributed by atoms with van der Waals surface area (Å²) in [4.78, 5) is 11.3. The van der Waals surface area contributed by atoms with Crippen LogP contribution >= 0.6 is 0 Å². The van der Waals surface area contributed by atoms with Crippen LogP contribution in [0.4, 0.5) is 0 Å². The van der Waals surface area contributed by atoms with Gasteiger partial charge in [-0.05, 0) is 66.1 Å². The normalized spacial score (nSPS) is 14.8. The number of primary amides is 1. The predicted molar refractivity (Wildman–Crippen MR) is 144 cm³/mol. The number of ether oxygens (including phenoxy) is 4. The van der Waals surface area contributed by atoms with Crippen LogP contribution in [0, 0.1) is 0 Å². The van der Waals surface area contributed by atoms with Crippen molar-refractivity contribution in [2.24, 2.45) is 5.73 Å². The minimum absolute atomic E-state index is 0.388. The van der Waals surface area contributed by atoms with Gasteiger partial charge in [-0.3, -0.25) is 4.79 Å². The van der Waals surface area contributed by atoms with E-state index >= 15 is 0 Å². The second kappa shape index (κ2) is 12.9. The Kier molecular flexibility index (Phi) is 9.36. The van der Waals surface area contributed by atoms with E-state index in [0.29, 0.717) is 38.5 Å². The number of aliphatic hydroxyl groups is 1. The molecule has 0 spiro atoms. The number of fused-ring (bicyclic) bond motifs is 1. The minimum Gasteiger partial charge on any atom is -0.491 e. The Balaban J connectivity index is 1.11. The van der Waals surface area contributed by atoms with Crippen molar-refractivity contribution in [1.29, 1.82) is 0 Å². The molecule has 8 nitrogen and oxygen atoms in total. The summed E-state index contributed by atoms with van der Waals surface area (Å²) < 4.78 is 22.9. The van der Waals surface area contributed by atoms with Gasteiger partial charge in [-0.15, -0.1) is 0 Å². The molecule has 1 heterocycles. The number of rotatable bonds is 13. The third-order valence-corrected chi connectivity index (χ3v) is 6.23. The molecule has 1 aliphatic heterocycles. The van der Waals surface area contributed by atoms with Crippen LogP contribution in [-0.4, -0.2) is 43.1 Å². The third kappa shape index (κ3) is 8.03. The maximum absolute atomic E-state index is 11.3. The quantitative estimate of drug-likeness (QED) is 0.293. The number of carbonyl (C=O) groups excluding carboxylic acids is 1. The molecule has 0 aromatic heterocycles. The van der Waals surface area contributed by atoms with E-state index < -0.39 is 17.8 Å². The number of hydrogen-bond donors (Lipinski definition) is 3. The number of aliphatic hydroxyl groups excluding tert-OH is 1. The predicted octanol–water partition coefficient (Wildman–Crippen LogP) is 3.89. The van der Waals surface area contributed by atoms with Gasteiger partial charge < -0.3 is 35.1 Å². The number of hydrogen-bond acceptors (Lipinski definition) is 7. The molecule has 38 heavy (non-hydrogen) atoms. The molecular formula is C30H36N2O6. The summed E-state index contributed by atoms with van der Waals surface area (Å²) in [6.07, 6.45) is 0.224. The largest absolute Gasteiger partial charge is 0.491 e. The van der Waals surface area contributed by atoms with Gasteiger partial charge in [0.1, 0.15) is 18.1 Å². The number of nitrogens with one attached hydrogen (secondary N) is 1.